The molecule has 7 nitrogen and oxygen atoms in total. The smallest absolute Gasteiger partial charge is 0.279 e. The maximum atomic E-state index is 9.19. The van der Waals surface area contributed by atoms with Gasteiger partial charge in [-0.05, 0) is 7.05 Å². The van der Waals surface area contributed by atoms with E-state index in [-0.39, 0.29) is 0 Å². The zero-order chi connectivity index (χ0) is 11.9. The first-order valence-corrected chi connectivity index (χ1v) is 4.82. The molecule has 0 radical (unpaired) electrons. The van der Waals surface area contributed by atoms with Crippen LogP contribution in [0.15, 0.2) is 0 Å². The minimum atomic E-state index is -2.84. The Labute approximate surface area is 89.1 Å². The van der Waals surface area contributed by atoms with Crippen LogP contribution in [0.25, 0.3) is 0 Å². The molecule has 7 N–H and O–H groups in total. The zero-order valence-electron chi connectivity index (χ0n) is 8.93. The fraction of sp³-hybridized carbons (Fsp3) is 1.00. The summed E-state index contributed by atoms with van der Waals surface area (Å²) in [7, 11) is 1.88. The molecule has 0 heterocycles. The van der Waals surface area contributed by atoms with Crippen LogP contribution >= 0.6 is 0 Å². The fourth-order valence-corrected chi connectivity index (χ4v) is 1.09. The summed E-state index contributed by atoms with van der Waals surface area (Å²) < 4.78 is 0. The molecule has 1 unspecified atom stereocenters. The van der Waals surface area contributed by atoms with E-state index in [1.54, 1.807) is 0 Å². The fourth-order valence-electron chi connectivity index (χ4n) is 1.09. The van der Waals surface area contributed by atoms with E-state index in [1.165, 1.54) is 0 Å². The molecule has 0 aliphatic rings. The van der Waals surface area contributed by atoms with E-state index >= 15 is 0 Å². The number of nitrogens with zero attached hydrogens (tertiary/aromatic N) is 1. The second kappa shape index (κ2) is 7.07. The molecule has 0 aliphatic heterocycles. The van der Waals surface area contributed by atoms with Gasteiger partial charge in [-0.1, -0.05) is 0 Å². The molecular weight excluding hydrogens is 202 g/mol. The Morgan fingerprint density at radius 3 is 2.40 bits per heavy atom. The first-order chi connectivity index (χ1) is 6.85. The van der Waals surface area contributed by atoms with Crippen molar-refractivity contribution in [3.63, 3.8) is 0 Å². The summed E-state index contributed by atoms with van der Waals surface area (Å²) in [6, 6.07) is 0. The third-order valence-corrected chi connectivity index (χ3v) is 1.85. The van der Waals surface area contributed by atoms with Gasteiger partial charge in [0.25, 0.3) is 5.97 Å². The molecule has 0 aromatic heterocycles. The number of aliphatic hydroxyl groups excluding tert-OH is 1. The number of likely N-dealkylation sites (N-methyl/N-ethyl adjacent to an activating group) is 1. The van der Waals surface area contributed by atoms with E-state index in [9.17, 15) is 5.11 Å². The second-order valence-corrected chi connectivity index (χ2v) is 3.54. The Kier molecular flexibility index (Phi) is 6.94. The molecule has 0 saturated heterocycles. The highest BCUT2D eigenvalue weighted by atomic mass is 16.7. The van der Waals surface area contributed by atoms with E-state index in [1.807, 2.05) is 11.9 Å². The predicted molar refractivity (Wildman–Crippen MR) is 54.6 cm³/mol. The normalized spacial score (nSPS) is 14.6. The van der Waals surface area contributed by atoms with Gasteiger partial charge in [-0.25, -0.2) is 0 Å². The summed E-state index contributed by atoms with van der Waals surface area (Å²) in [5.41, 5.74) is 5.33. The van der Waals surface area contributed by atoms with Gasteiger partial charge in [0.2, 0.25) is 0 Å². The van der Waals surface area contributed by atoms with Gasteiger partial charge in [-0.2, -0.15) is 0 Å². The van der Waals surface area contributed by atoms with Gasteiger partial charge in [0.15, 0.2) is 0 Å². The summed E-state index contributed by atoms with van der Waals surface area (Å²) >= 11 is 0. The minimum Gasteiger partial charge on any atom is -0.378 e. The van der Waals surface area contributed by atoms with E-state index < -0.39 is 18.6 Å². The Morgan fingerprint density at radius 1 is 1.33 bits per heavy atom. The molecule has 92 valence electrons. The van der Waals surface area contributed by atoms with Gasteiger partial charge in [0, 0.05) is 26.2 Å². The monoisotopic (exact) mass is 223 g/mol. The van der Waals surface area contributed by atoms with Gasteiger partial charge in [0.05, 0.1) is 6.42 Å². The average molecular weight is 223 g/mol. The number of hydrogen-bond acceptors (Lipinski definition) is 7. The van der Waals surface area contributed by atoms with Crippen molar-refractivity contribution in [3.8, 4) is 0 Å². The Hall–Kier alpha value is -0.280. The van der Waals surface area contributed by atoms with Crippen LogP contribution < -0.4 is 11.1 Å². The number of hydrogen-bond donors (Lipinski definition) is 6. The zero-order valence-corrected chi connectivity index (χ0v) is 8.93. The van der Waals surface area contributed by atoms with Crippen molar-refractivity contribution in [2.24, 2.45) is 5.73 Å². The standard InChI is InChI=1S/C8H21N3O4/c1-11(4-2-9)5-3-10-7(12)6-8(13,14)15/h7,10,12-15H,2-6,9H2,1H3. The van der Waals surface area contributed by atoms with Gasteiger partial charge < -0.3 is 31.1 Å². The van der Waals surface area contributed by atoms with Crippen LogP contribution in [0.2, 0.25) is 0 Å². The maximum Gasteiger partial charge on any atom is 0.279 e. The number of nitrogens with one attached hydrogen (secondary N) is 1. The second-order valence-electron chi connectivity index (χ2n) is 3.54. The van der Waals surface area contributed by atoms with Crippen molar-refractivity contribution < 1.29 is 20.4 Å². The van der Waals surface area contributed by atoms with Crippen LogP contribution in [0.3, 0.4) is 0 Å². The van der Waals surface area contributed by atoms with Gasteiger partial charge in [-0.3, -0.25) is 5.32 Å². The molecular formula is C8H21N3O4. The highest BCUT2D eigenvalue weighted by Crippen LogP contribution is 2.02. The average Bonchev–Trinajstić information content (AvgIpc) is 2.00. The van der Waals surface area contributed by atoms with E-state index in [4.69, 9.17) is 21.1 Å². The lowest BCUT2D eigenvalue weighted by Crippen LogP contribution is -2.42. The lowest BCUT2D eigenvalue weighted by Gasteiger charge is -2.21. The van der Waals surface area contributed by atoms with Crippen molar-refractivity contribution >= 4 is 0 Å². The summed E-state index contributed by atoms with van der Waals surface area (Å²) in [6.07, 6.45) is -1.72. The van der Waals surface area contributed by atoms with Crippen LogP contribution in [0.1, 0.15) is 6.42 Å². The summed E-state index contributed by atoms with van der Waals surface area (Å²) in [5, 5.41) is 37.5. The van der Waals surface area contributed by atoms with Crippen molar-refractivity contribution in [3.05, 3.63) is 0 Å². The summed E-state index contributed by atoms with van der Waals surface area (Å²) in [4.78, 5) is 1.96. The molecule has 0 aliphatic carbocycles. The number of nitrogens with two attached hydrogens (primary N) is 1. The van der Waals surface area contributed by atoms with Crippen LogP contribution in [0, 0.1) is 0 Å². The van der Waals surface area contributed by atoms with Crippen LogP contribution in [-0.4, -0.2) is 70.8 Å². The molecule has 15 heavy (non-hydrogen) atoms. The molecule has 0 spiro atoms. The Bertz CT molecular complexity index is 162. The van der Waals surface area contributed by atoms with E-state index in [0.29, 0.717) is 19.6 Å². The molecule has 0 rings (SSSR count). The molecule has 0 amide bonds. The molecule has 0 bridgehead atoms. The van der Waals surface area contributed by atoms with Crippen molar-refractivity contribution in [1.82, 2.24) is 10.2 Å². The van der Waals surface area contributed by atoms with Crippen LogP contribution in [0.5, 0.6) is 0 Å². The molecule has 1 atom stereocenters. The number of rotatable bonds is 8. The lowest BCUT2D eigenvalue weighted by molar-refractivity contribution is -0.323. The molecule has 0 saturated carbocycles. The van der Waals surface area contributed by atoms with Gasteiger partial charge in [-0.15, -0.1) is 0 Å². The first-order valence-electron chi connectivity index (χ1n) is 4.82. The third-order valence-electron chi connectivity index (χ3n) is 1.85. The molecule has 7 heteroatoms. The maximum absolute atomic E-state index is 9.19. The van der Waals surface area contributed by atoms with E-state index in [0.717, 1.165) is 6.54 Å². The number of aliphatic hydroxyl groups is 4. The van der Waals surface area contributed by atoms with Gasteiger partial charge in [0.1, 0.15) is 6.23 Å². The predicted octanol–water partition coefficient (Wildman–Crippen LogP) is -3.19. The van der Waals surface area contributed by atoms with Crippen LogP contribution in [0.4, 0.5) is 0 Å². The van der Waals surface area contributed by atoms with Gasteiger partial charge >= 0.3 is 0 Å². The van der Waals surface area contributed by atoms with Crippen molar-refractivity contribution in [2.45, 2.75) is 18.6 Å². The molecule has 0 aromatic carbocycles. The first kappa shape index (κ1) is 14.7. The van der Waals surface area contributed by atoms with Crippen molar-refractivity contribution in [1.29, 1.82) is 0 Å². The Balaban J connectivity index is 3.50. The quantitative estimate of drug-likeness (QED) is 0.240. The lowest BCUT2D eigenvalue weighted by atomic mass is 10.3. The van der Waals surface area contributed by atoms with Crippen LogP contribution in [-0.2, 0) is 0 Å². The molecule has 0 aromatic rings. The summed E-state index contributed by atoms with van der Waals surface area (Å²) in [6.45, 7) is 2.45. The highest BCUT2D eigenvalue weighted by Gasteiger charge is 2.22. The Morgan fingerprint density at radius 2 is 1.93 bits per heavy atom. The highest BCUT2D eigenvalue weighted by molar-refractivity contribution is 4.61. The SMILES string of the molecule is CN(CCN)CCNC(O)CC(O)(O)O. The third kappa shape index (κ3) is 10.0. The largest absolute Gasteiger partial charge is 0.378 e. The van der Waals surface area contributed by atoms with E-state index in [2.05, 4.69) is 5.32 Å². The topological polar surface area (TPSA) is 122 Å². The minimum absolute atomic E-state index is 0.466. The van der Waals surface area contributed by atoms with Crippen molar-refractivity contribution in [2.75, 3.05) is 33.2 Å². The molecule has 0 fully saturated rings. The summed E-state index contributed by atoms with van der Waals surface area (Å²) in [5.74, 6) is -2.84.